The smallest absolute Gasteiger partial charge is 0.165 e. The molecule has 0 spiro atoms. The van der Waals surface area contributed by atoms with Gasteiger partial charge in [0.15, 0.2) is 5.75 Å². The number of ether oxygens (including phenoxy) is 1. The number of aliphatic hydroxyl groups excluding tert-OH is 1. The van der Waals surface area contributed by atoms with E-state index in [1.54, 1.807) is 42.2 Å². The molecule has 1 heterocycles. The molecule has 5 nitrogen and oxygen atoms in total. The first-order valence-electron chi connectivity index (χ1n) is 6.45. The SMILES string of the molecule is CC(C)n1cc(Oc2cc(C#N)ccc2[C@@H](C)O)cn1. The quantitative estimate of drug-likeness (QED) is 0.927. The second kappa shape index (κ2) is 5.76. The Morgan fingerprint density at radius 3 is 2.65 bits per heavy atom. The molecule has 0 saturated carbocycles. The number of rotatable bonds is 4. The van der Waals surface area contributed by atoms with Crippen LogP contribution in [0.25, 0.3) is 0 Å². The van der Waals surface area contributed by atoms with Crippen LogP contribution in [0.1, 0.15) is 44.0 Å². The first-order valence-corrected chi connectivity index (χ1v) is 6.45. The molecule has 1 aromatic heterocycles. The summed E-state index contributed by atoms with van der Waals surface area (Å²) < 4.78 is 7.53. The van der Waals surface area contributed by atoms with Crippen molar-refractivity contribution in [3.8, 4) is 17.6 Å². The molecule has 0 unspecified atom stereocenters. The number of nitriles is 1. The number of nitrogens with zero attached hydrogens (tertiary/aromatic N) is 3. The highest BCUT2D eigenvalue weighted by Crippen LogP contribution is 2.30. The summed E-state index contributed by atoms with van der Waals surface area (Å²) in [6.07, 6.45) is 2.73. The molecular weight excluding hydrogens is 254 g/mol. The molecule has 1 N–H and O–H groups in total. The van der Waals surface area contributed by atoms with Gasteiger partial charge in [-0.15, -0.1) is 0 Å². The van der Waals surface area contributed by atoms with Crippen molar-refractivity contribution in [3.63, 3.8) is 0 Å². The summed E-state index contributed by atoms with van der Waals surface area (Å²) in [6.45, 7) is 5.70. The van der Waals surface area contributed by atoms with Crippen molar-refractivity contribution in [2.24, 2.45) is 0 Å². The lowest BCUT2D eigenvalue weighted by atomic mass is 10.1. The highest BCUT2D eigenvalue weighted by Gasteiger charge is 2.12. The molecule has 0 amide bonds. The molecule has 0 bridgehead atoms. The van der Waals surface area contributed by atoms with E-state index in [4.69, 9.17) is 10.00 Å². The van der Waals surface area contributed by atoms with Gasteiger partial charge in [0.05, 0.1) is 30.1 Å². The molecule has 104 valence electrons. The lowest BCUT2D eigenvalue weighted by Gasteiger charge is -2.12. The molecule has 0 aliphatic heterocycles. The standard InChI is InChI=1S/C15H17N3O2/c1-10(2)18-9-13(8-17-18)20-15-6-12(7-16)4-5-14(15)11(3)19/h4-6,8-11,19H,1-3H3/t11-/m1/s1. The number of hydrogen-bond acceptors (Lipinski definition) is 4. The fraction of sp³-hybridized carbons (Fsp3) is 0.333. The normalized spacial score (nSPS) is 12.2. The number of aromatic nitrogens is 2. The third-order valence-corrected chi connectivity index (χ3v) is 2.93. The summed E-state index contributed by atoms with van der Waals surface area (Å²) in [5.41, 5.74) is 1.13. The van der Waals surface area contributed by atoms with E-state index in [1.807, 2.05) is 13.8 Å². The summed E-state index contributed by atoms with van der Waals surface area (Å²) in [6, 6.07) is 7.28. The maximum absolute atomic E-state index is 9.76. The zero-order valence-electron chi connectivity index (χ0n) is 11.7. The van der Waals surface area contributed by atoms with Gasteiger partial charge in [0.2, 0.25) is 0 Å². The van der Waals surface area contributed by atoms with Gasteiger partial charge in [-0.05, 0) is 32.9 Å². The Morgan fingerprint density at radius 1 is 1.35 bits per heavy atom. The largest absolute Gasteiger partial charge is 0.454 e. The van der Waals surface area contributed by atoms with Crippen LogP contribution in [0.4, 0.5) is 0 Å². The van der Waals surface area contributed by atoms with E-state index in [0.717, 1.165) is 0 Å². The summed E-state index contributed by atoms with van der Waals surface area (Å²) in [4.78, 5) is 0. The van der Waals surface area contributed by atoms with Gasteiger partial charge in [-0.1, -0.05) is 6.07 Å². The average Bonchev–Trinajstić information content (AvgIpc) is 2.87. The van der Waals surface area contributed by atoms with Crippen LogP contribution in [0, 0.1) is 11.3 Å². The average molecular weight is 271 g/mol. The van der Waals surface area contributed by atoms with Crippen LogP contribution >= 0.6 is 0 Å². The Kier molecular flexibility index (Phi) is 4.06. The summed E-state index contributed by atoms with van der Waals surface area (Å²) >= 11 is 0. The van der Waals surface area contributed by atoms with Gasteiger partial charge in [0.1, 0.15) is 5.75 Å². The van der Waals surface area contributed by atoms with Crippen LogP contribution in [0.2, 0.25) is 0 Å². The lowest BCUT2D eigenvalue weighted by Crippen LogP contribution is -2.00. The molecule has 0 radical (unpaired) electrons. The lowest BCUT2D eigenvalue weighted by molar-refractivity contribution is 0.195. The first kappa shape index (κ1) is 14.1. The van der Waals surface area contributed by atoms with Gasteiger partial charge in [-0.3, -0.25) is 4.68 Å². The van der Waals surface area contributed by atoms with Gasteiger partial charge >= 0.3 is 0 Å². The molecule has 2 rings (SSSR count). The van der Waals surface area contributed by atoms with Crippen molar-refractivity contribution in [1.82, 2.24) is 9.78 Å². The summed E-state index contributed by atoms with van der Waals surface area (Å²) in [5, 5.41) is 22.9. The van der Waals surface area contributed by atoms with E-state index >= 15 is 0 Å². The van der Waals surface area contributed by atoms with E-state index in [0.29, 0.717) is 22.6 Å². The van der Waals surface area contributed by atoms with E-state index in [2.05, 4.69) is 11.2 Å². The Labute approximate surface area is 118 Å². The Hall–Kier alpha value is -2.32. The van der Waals surface area contributed by atoms with Crippen molar-refractivity contribution >= 4 is 0 Å². The summed E-state index contributed by atoms with van der Waals surface area (Å²) in [7, 11) is 0. The fourth-order valence-corrected chi connectivity index (χ4v) is 1.82. The maximum Gasteiger partial charge on any atom is 0.165 e. The molecule has 1 atom stereocenters. The molecule has 1 aromatic carbocycles. The van der Waals surface area contributed by atoms with Gasteiger partial charge in [0, 0.05) is 11.6 Å². The van der Waals surface area contributed by atoms with Crippen molar-refractivity contribution < 1.29 is 9.84 Å². The van der Waals surface area contributed by atoms with Crippen LogP contribution in [-0.4, -0.2) is 14.9 Å². The third-order valence-electron chi connectivity index (χ3n) is 2.93. The Bertz CT molecular complexity index is 639. The van der Waals surface area contributed by atoms with E-state index in [-0.39, 0.29) is 6.04 Å². The highest BCUT2D eigenvalue weighted by atomic mass is 16.5. The molecule has 0 aliphatic carbocycles. The monoisotopic (exact) mass is 271 g/mol. The van der Waals surface area contributed by atoms with Crippen molar-refractivity contribution in [1.29, 1.82) is 5.26 Å². The van der Waals surface area contributed by atoms with Crippen LogP contribution in [0.5, 0.6) is 11.5 Å². The molecule has 0 fully saturated rings. The fourth-order valence-electron chi connectivity index (χ4n) is 1.82. The molecule has 2 aromatic rings. The predicted octanol–water partition coefficient (Wildman–Crippen LogP) is 3.18. The van der Waals surface area contributed by atoms with E-state index in [1.165, 1.54) is 0 Å². The molecular formula is C15H17N3O2. The van der Waals surface area contributed by atoms with Gasteiger partial charge in [0.25, 0.3) is 0 Å². The van der Waals surface area contributed by atoms with Crippen molar-refractivity contribution in [3.05, 3.63) is 41.7 Å². The summed E-state index contributed by atoms with van der Waals surface area (Å²) in [5.74, 6) is 1.05. The topological polar surface area (TPSA) is 71.1 Å². The first-order chi connectivity index (χ1) is 9.51. The molecule has 0 saturated heterocycles. The zero-order valence-corrected chi connectivity index (χ0v) is 11.7. The van der Waals surface area contributed by atoms with E-state index < -0.39 is 6.10 Å². The zero-order chi connectivity index (χ0) is 14.7. The second-order valence-corrected chi connectivity index (χ2v) is 4.89. The Morgan fingerprint density at radius 2 is 2.10 bits per heavy atom. The minimum atomic E-state index is -0.669. The highest BCUT2D eigenvalue weighted by molar-refractivity contribution is 5.45. The number of benzene rings is 1. The van der Waals surface area contributed by atoms with Crippen LogP contribution in [-0.2, 0) is 0 Å². The van der Waals surface area contributed by atoms with Crippen LogP contribution in [0.3, 0.4) is 0 Å². The number of hydrogen-bond donors (Lipinski definition) is 1. The van der Waals surface area contributed by atoms with Crippen LogP contribution < -0.4 is 4.74 Å². The molecule has 20 heavy (non-hydrogen) atoms. The van der Waals surface area contributed by atoms with E-state index in [9.17, 15) is 5.11 Å². The van der Waals surface area contributed by atoms with Gasteiger partial charge in [-0.25, -0.2) is 0 Å². The van der Waals surface area contributed by atoms with Crippen molar-refractivity contribution in [2.75, 3.05) is 0 Å². The van der Waals surface area contributed by atoms with Gasteiger partial charge < -0.3 is 9.84 Å². The number of aliphatic hydroxyl groups is 1. The van der Waals surface area contributed by atoms with Gasteiger partial charge in [-0.2, -0.15) is 10.4 Å². The maximum atomic E-state index is 9.76. The predicted molar refractivity (Wildman–Crippen MR) is 74.5 cm³/mol. The van der Waals surface area contributed by atoms with Crippen molar-refractivity contribution in [2.45, 2.75) is 32.9 Å². The molecule has 5 heteroatoms. The Balaban J connectivity index is 2.33. The minimum Gasteiger partial charge on any atom is -0.454 e. The molecule has 0 aliphatic rings. The third kappa shape index (κ3) is 2.98. The van der Waals surface area contributed by atoms with Crippen LogP contribution in [0.15, 0.2) is 30.6 Å². The minimum absolute atomic E-state index is 0.244. The second-order valence-electron chi connectivity index (χ2n) is 4.89.